The fraction of sp³-hybridized carbons (Fsp3) is 0.235. The maximum atomic E-state index is 13.5. The zero-order valence-electron chi connectivity index (χ0n) is 12.2. The van der Waals surface area contributed by atoms with E-state index in [4.69, 9.17) is 11.6 Å². The summed E-state index contributed by atoms with van der Waals surface area (Å²) in [5.74, 6) is -2.23. The Morgan fingerprint density at radius 2 is 1.87 bits per heavy atom. The molecule has 0 aromatic heterocycles. The van der Waals surface area contributed by atoms with Crippen molar-refractivity contribution in [3.05, 3.63) is 70.2 Å². The average molecular weight is 340 g/mol. The molecule has 0 aliphatic rings. The number of halogens is 3. The highest BCUT2D eigenvalue weighted by Crippen LogP contribution is 2.17. The van der Waals surface area contributed by atoms with E-state index in [1.54, 1.807) is 24.3 Å². The summed E-state index contributed by atoms with van der Waals surface area (Å²) in [6.45, 7) is -0.276. The standard InChI is InChI=1S/C17H16ClF2NO2/c18-13-7-4-11(5-8-13)15(10-22)21-16(23)9-6-12-2-1-3-14(19)17(12)20/h1-5,7-8,15,22H,6,9-10H2,(H,21,23). The van der Waals surface area contributed by atoms with Crippen molar-refractivity contribution < 1.29 is 18.7 Å². The van der Waals surface area contributed by atoms with Gasteiger partial charge in [0.25, 0.3) is 0 Å². The fourth-order valence-electron chi connectivity index (χ4n) is 2.19. The van der Waals surface area contributed by atoms with Crippen LogP contribution in [-0.4, -0.2) is 17.6 Å². The van der Waals surface area contributed by atoms with E-state index in [0.717, 1.165) is 6.07 Å². The quantitative estimate of drug-likeness (QED) is 0.847. The lowest BCUT2D eigenvalue weighted by Gasteiger charge is -2.17. The number of carbonyl (C=O) groups is 1. The van der Waals surface area contributed by atoms with Crippen molar-refractivity contribution in [1.82, 2.24) is 5.32 Å². The zero-order chi connectivity index (χ0) is 16.8. The number of rotatable bonds is 6. The molecule has 0 saturated heterocycles. The predicted octanol–water partition coefficient (Wildman–Crippen LogP) is 3.40. The minimum atomic E-state index is -0.934. The molecule has 0 fully saturated rings. The largest absolute Gasteiger partial charge is 0.394 e. The van der Waals surface area contributed by atoms with Crippen LogP contribution in [0, 0.1) is 11.6 Å². The smallest absolute Gasteiger partial charge is 0.220 e. The van der Waals surface area contributed by atoms with Gasteiger partial charge in [0, 0.05) is 11.4 Å². The lowest BCUT2D eigenvalue weighted by atomic mass is 10.1. The lowest BCUT2D eigenvalue weighted by molar-refractivity contribution is -0.122. The number of nitrogens with one attached hydrogen (secondary N) is 1. The van der Waals surface area contributed by atoms with Crippen molar-refractivity contribution in [3.63, 3.8) is 0 Å². The van der Waals surface area contributed by atoms with Crippen LogP contribution in [0.25, 0.3) is 0 Å². The Kier molecular flexibility index (Phi) is 6.07. The number of aryl methyl sites for hydroxylation is 1. The summed E-state index contributed by atoms with van der Waals surface area (Å²) in [6.07, 6.45) is 0.0681. The normalized spacial score (nSPS) is 12.0. The van der Waals surface area contributed by atoms with Crippen LogP contribution in [0.1, 0.15) is 23.6 Å². The fourth-order valence-corrected chi connectivity index (χ4v) is 2.31. The highest BCUT2D eigenvalue weighted by Gasteiger charge is 2.15. The topological polar surface area (TPSA) is 49.3 Å². The third kappa shape index (κ3) is 4.74. The van der Waals surface area contributed by atoms with E-state index in [9.17, 15) is 18.7 Å². The molecule has 2 rings (SSSR count). The minimum absolute atomic E-state index is 0.00946. The van der Waals surface area contributed by atoms with Gasteiger partial charge in [0.05, 0.1) is 12.6 Å². The predicted molar refractivity (Wildman–Crippen MR) is 84.1 cm³/mol. The Morgan fingerprint density at radius 3 is 2.52 bits per heavy atom. The molecule has 122 valence electrons. The van der Waals surface area contributed by atoms with Crippen LogP contribution in [-0.2, 0) is 11.2 Å². The number of hydrogen-bond acceptors (Lipinski definition) is 2. The van der Waals surface area contributed by atoms with E-state index in [1.807, 2.05) is 0 Å². The summed E-state index contributed by atoms with van der Waals surface area (Å²) < 4.78 is 26.6. The molecular formula is C17H16ClF2NO2. The van der Waals surface area contributed by atoms with Crippen molar-refractivity contribution in [2.45, 2.75) is 18.9 Å². The van der Waals surface area contributed by atoms with E-state index in [-0.39, 0.29) is 30.9 Å². The van der Waals surface area contributed by atoms with Crippen LogP contribution in [0.5, 0.6) is 0 Å². The molecule has 0 spiro atoms. The molecule has 23 heavy (non-hydrogen) atoms. The maximum absolute atomic E-state index is 13.5. The summed E-state index contributed by atoms with van der Waals surface area (Å²) >= 11 is 5.79. The van der Waals surface area contributed by atoms with E-state index in [2.05, 4.69) is 5.32 Å². The molecule has 2 aromatic carbocycles. The average Bonchev–Trinajstić information content (AvgIpc) is 2.55. The molecule has 0 bridgehead atoms. The Labute approximate surface area is 137 Å². The molecular weight excluding hydrogens is 324 g/mol. The maximum Gasteiger partial charge on any atom is 0.220 e. The van der Waals surface area contributed by atoms with Crippen molar-refractivity contribution in [3.8, 4) is 0 Å². The molecule has 0 heterocycles. The molecule has 1 amide bonds. The van der Waals surface area contributed by atoms with Crippen molar-refractivity contribution in [1.29, 1.82) is 0 Å². The second-order valence-corrected chi connectivity index (χ2v) is 5.50. The number of amides is 1. The van der Waals surface area contributed by atoms with Crippen LogP contribution in [0.15, 0.2) is 42.5 Å². The van der Waals surface area contributed by atoms with Crippen LogP contribution < -0.4 is 5.32 Å². The Hall–Kier alpha value is -1.98. The third-order valence-electron chi connectivity index (χ3n) is 3.44. The van der Waals surface area contributed by atoms with Gasteiger partial charge in [0.15, 0.2) is 11.6 Å². The molecule has 3 nitrogen and oxygen atoms in total. The first-order chi connectivity index (χ1) is 11.0. The summed E-state index contributed by atoms with van der Waals surface area (Å²) in [5, 5.41) is 12.6. The van der Waals surface area contributed by atoms with Crippen molar-refractivity contribution >= 4 is 17.5 Å². The molecule has 0 radical (unpaired) electrons. The SMILES string of the molecule is O=C(CCc1cccc(F)c1F)NC(CO)c1ccc(Cl)cc1. The van der Waals surface area contributed by atoms with Gasteiger partial charge in [0.1, 0.15) is 0 Å². The van der Waals surface area contributed by atoms with Gasteiger partial charge >= 0.3 is 0 Å². The van der Waals surface area contributed by atoms with Gasteiger partial charge in [-0.15, -0.1) is 0 Å². The molecule has 2 aromatic rings. The zero-order valence-corrected chi connectivity index (χ0v) is 13.0. The number of aliphatic hydroxyl groups is 1. The Bertz CT molecular complexity index is 677. The van der Waals surface area contributed by atoms with Gasteiger partial charge < -0.3 is 10.4 Å². The number of carbonyl (C=O) groups excluding carboxylic acids is 1. The van der Waals surface area contributed by atoms with Gasteiger partial charge in [-0.1, -0.05) is 35.9 Å². The highest BCUT2D eigenvalue weighted by atomic mass is 35.5. The first-order valence-electron chi connectivity index (χ1n) is 7.10. The van der Waals surface area contributed by atoms with E-state index in [0.29, 0.717) is 10.6 Å². The second-order valence-electron chi connectivity index (χ2n) is 5.07. The van der Waals surface area contributed by atoms with Gasteiger partial charge in [-0.2, -0.15) is 0 Å². The van der Waals surface area contributed by atoms with Gasteiger partial charge in [-0.3, -0.25) is 4.79 Å². The third-order valence-corrected chi connectivity index (χ3v) is 3.70. The second kappa shape index (κ2) is 8.04. The molecule has 1 unspecified atom stereocenters. The van der Waals surface area contributed by atoms with Crippen molar-refractivity contribution in [2.75, 3.05) is 6.61 Å². The number of hydrogen-bond donors (Lipinski definition) is 2. The number of aliphatic hydroxyl groups excluding tert-OH is 1. The summed E-state index contributed by atoms with van der Waals surface area (Å²) in [6, 6.07) is 10.0. The van der Waals surface area contributed by atoms with Crippen LogP contribution in [0.3, 0.4) is 0 Å². The van der Waals surface area contributed by atoms with Gasteiger partial charge in [-0.25, -0.2) is 8.78 Å². The lowest BCUT2D eigenvalue weighted by Crippen LogP contribution is -2.31. The minimum Gasteiger partial charge on any atom is -0.394 e. The van der Waals surface area contributed by atoms with E-state index >= 15 is 0 Å². The summed E-state index contributed by atoms with van der Waals surface area (Å²) in [4.78, 5) is 12.0. The van der Waals surface area contributed by atoms with Crippen LogP contribution in [0.2, 0.25) is 5.02 Å². The van der Waals surface area contributed by atoms with Crippen molar-refractivity contribution in [2.24, 2.45) is 0 Å². The Balaban J connectivity index is 1.95. The monoisotopic (exact) mass is 339 g/mol. The highest BCUT2D eigenvalue weighted by molar-refractivity contribution is 6.30. The molecule has 2 N–H and O–H groups in total. The van der Waals surface area contributed by atoms with Gasteiger partial charge in [-0.05, 0) is 35.7 Å². The molecule has 6 heteroatoms. The van der Waals surface area contributed by atoms with E-state index in [1.165, 1.54) is 12.1 Å². The first kappa shape index (κ1) is 17.4. The first-order valence-corrected chi connectivity index (χ1v) is 7.47. The van der Waals surface area contributed by atoms with Gasteiger partial charge in [0.2, 0.25) is 5.91 Å². The molecule has 0 aliphatic heterocycles. The molecule has 0 aliphatic carbocycles. The van der Waals surface area contributed by atoms with E-state index < -0.39 is 17.7 Å². The molecule has 1 atom stereocenters. The summed E-state index contributed by atoms with van der Waals surface area (Å²) in [7, 11) is 0. The van der Waals surface area contributed by atoms with Crippen LogP contribution >= 0.6 is 11.6 Å². The molecule has 0 saturated carbocycles. The Morgan fingerprint density at radius 1 is 1.17 bits per heavy atom. The summed E-state index contributed by atoms with van der Waals surface area (Å²) in [5.41, 5.74) is 0.856. The van der Waals surface area contributed by atoms with Crippen LogP contribution in [0.4, 0.5) is 8.78 Å². The number of benzene rings is 2.